The molecule has 2 saturated heterocycles. The third-order valence-electron chi connectivity index (χ3n) is 3.89. The van der Waals surface area contributed by atoms with Gasteiger partial charge in [0.1, 0.15) is 10.7 Å². The lowest BCUT2D eigenvalue weighted by Crippen LogP contribution is -2.47. The van der Waals surface area contributed by atoms with Crippen LogP contribution in [0.3, 0.4) is 0 Å². The summed E-state index contributed by atoms with van der Waals surface area (Å²) < 4.78 is 50.7. The molecule has 0 unspecified atom stereocenters. The molecule has 0 amide bonds. The molecule has 2 N–H and O–H groups in total. The first-order chi connectivity index (χ1) is 9.93. The highest BCUT2D eigenvalue weighted by Crippen LogP contribution is 2.34. The number of piperidine rings is 1. The number of anilines is 1. The fraction of sp³-hybridized carbons (Fsp3) is 0.538. The second-order valence-electron chi connectivity index (χ2n) is 5.19. The molecule has 1 aromatic rings. The van der Waals surface area contributed by atoms with Crippen LogP contribution in [0.2, 0.25) is 0 Å². The number of hydrogen-bond donors (Lipinski definition) is 1. The highest BCUT2D eigenvalue weighted by Gasteiger charge is 2.42. The molecule has 0 aliphatic carbocycles. The van der Waals surface area contributed by atoms with Crippen LogP contribution in [0.5, 0.6) is 0 Å². The summed E-state index contributed by atoms with van der Waals surface area (Å²) in [6, 6.07) is 3.31. The van der Waals surface area contributed by atoms with E-state index in [0.29, 0.717) is 39.1 Å². The van der Waals surface area contributed by atoms with Crippen LogP contribution in [-0.4, -0.2) is 44.8 Å². The minimum atomic E-state index is -3.73. The number of halogens is 1. The van der Waals surface area contributed by atoms with E-state index in [-0.39, 0.29) is 10.6 Å². The van der Waals surface area contributed by atoms with Crippen molar-refractivity contribution in [3.63, 3.8) is 0 Å². The molecule has 0 bridgehead atoms. The monoisotopic (exact) mass is 316 g/mol. The number of hydrogen-bond acceptors (Lipinski definition) is 5. The molecule has 0 saturated carbocycles. The summed E-state index contributed by atoms with van der Waals surface area (Å²) in [5, 5.41) is 0. The largest absolute Gasteiger partial charge is 0.398 e. The molecule has 0 radical (unpaired) electrons. The molecule has 3 rings (SSSR count). The zero-order chi connectivity index (χ0) is 15.1. The second kappa shape index (κ2) is 5.20. The van der Waals surface area contributed by atoms with Crippen molar-refractivity contribution in [3.05, 3.63) is 24.0 Å². The molecule has 1 spiro atoms. The number of nitrogen functional groups attached to an aromatic ring is 1. The summed E-state index contributed by atoms with van der Waals surface area (Å²) >= 11 is 0. The minimum absolute atomic E-state index is 0.0619. The molecule has 2 heterocycles. The topological polar surface area (TPSA) is 81.9 Å². The molecule has 6 nitrogen and oxygen atoms in total. The van der Waals surface area contributed by atoms with Gasteiger partial charge in [-0.15, -0.1) is 0 Å². The summed E-state index contributed by atoms with van der Waals surface area (Å²) in [5.74, 6) is -1.20. The summed E-state index contributed by atoms with van der Waals surface area (Å²) in [6.07, 6.45) is 0.959. The van der Waals surface area contributed by atoms with Gasteiger partial charge in [-0.25, -0.2) is 12.8 Å². The van der Waals surface area contributed by atoms with Crippen molar-refractivity contribution in [1.29, 1.82) is 0 Å². The van der Waals surface area contributed by atoms with Gasteiger partial charge in [0, 0.05) is 25.9 Å². The molecular formula is C13H17FN2O4S. The van der Waals surface area contributed by atoms with E-state index >= 15 is 0 Å². The zero-order valence-corrected chi connectivity index (χ0v) is 12.2. The first kappa shape index (κ1) is 14.7. The Morgan fingerprint density at radius 2 is 1.81 bits per heavy atom. The van der Waals surface area contributed by atoms with Crippen molar-refractivity contribution in [2.75, 3.05) is 32.0 Å². The molecule has 8 heteroatoms. The van der Waals surface area contributed by atoms with Crippen molar-refractivity contribution in [1.82, 2.24) is 4.31 Å². The average molecular weight is 316 g/mol. The van der Waals surface area contributed by atoms with Crippen molar-refractivity contribution in [2.24, 2.45) is 0 Å². The Morgan fingerprint density at radius 1 is 1.19 bits per heavy atom. The summed E-state index contributed by atoms with van der Waals surface area (Å²) in [4.78, 5) is -0.0619. The average Bonchev–Trinajstić information content (AvgIpc) is 2.87. The molecule has 0 aromatic heterocycles. The molecule has 2 fully saturated rings. The Bertz CT molecular complexity index is 634. The molecule has 21 heavy (non-hydrogen) atoms. The maximum Gasteiger partial charge on any atom is 0.245 e. The van der Waals surface area contributed by atoms with Crippen molar-refractivity contribution in [2.45, 2.75) is 23.5 Å². The molecule has 2 aliphatic rings. The van der Waals surface area contributed by atoms with Crippen molar-refractivity contribution < 1.29 is 22.3 Å². The number of ether oxygens (including phenoxy) is 2. The number of nitrogens with two attached hydrogens (primary N) is 1. The van der Waals surface area contributed by atoms with Crippen LogP contribution >= 0.6 is 0 Å². The van der Waals surface area contributed by atoms with Crippen molar-refractivity contribution >= 4 is 15.7 Å². The Balaban J connectivity index is 1.80. The third-order valence-corrected chi connectivity index (χ3v) is 5.86. The SMILES string of the molecule is Nc1cc(F)ccc1S(=O)(=O)N1CCC2(CC1)OCCO2. The van der Waals surface area contributed by atoms with Gasteiger partial charge in [-0.05, 0) is 18.2 Å². The van der Waals surface area contributed by atoms with Gasteiger partial charge in [0.05, 0.1) is 18.9 Å². The quantitative estimate of drug-likeness (QED) is 0.821. The van der Waals surface area contributed by atoms with E-state index in [1.807, 2.05) is 0 Å². The fourth-order valence-corrected chi connectivity index (χ4v) is 4.28. The van der Waals surface area contributed by atoms with Crippen molar-refractivity contribution in [3.8, 4) is 0 Å². The van der Waals surface area contributed by atoms with E-state index < -0.39 is 21.6 Å². The predicted molar refractivity (Wildman–Crippen MR) is 73.4 cm³/mol. The van der Waals surface area contributed by atoms with Gasteiger partial charge < -0.3 is 15.2 Å². The Labute approximate surface area is 122 Å². The van der Waals surface area contributed by atoms with Gasteiger partial charge in [0.2, 0.25) is 10.0 Å². The van der Waals surface area contributed by atoms with Crippen LogP contribution in [0, 0.1) is 5.82 Å². The number of rotatable bonds is 2. The van der Waals surface area contributed by atoms with Crippen LogP contribution in [0.25, 0.3) is 0 Å². The highest BCUT2D eigenvalue weighted by molar-refractivity contribution is 7.89. The Kier molecular flexibility index (Phi) is 3.64. The lowest BCUT2D eigenvalue weighted by molar-refractivity contribution is -0.179. The van der Waals surface area contributed by atoms with Gasteiger partial charge in [-0.1, -0.05) is 0 Å². The van der Waals surface area contributed by atoms with Gasteiger partial charge in [0.15, 0.2) is 5.79 Å². The molecule has 0 atom stereocenters. The molecule has 2 aliphatic heterocycles. The predicted octanol–water partition coefficient (Wildman–Crippen LogP) is 0.935. The zero-order valence-electron chi connectivity index (χ0n) is 11.4. The minimum Gasteiger partial charge on any atom is -0.398 e. The molecule has 116 valence electrons. The highest BCUT2D eigenvalue weighted by atomic mass is 32.2. The first-order valence-corrected chi connectivity index (χ1v) is 8.20. The number of benzene rings is 1. The van der Waals surface area contributed by atoms with E-state index in [1.54, 1.807) is 0 Å². The summed E-state index contributed by atoms with van der Waals surface area (Å²) in [5.41, 5.74) is 5.55. The maximum absolute atomic E-state index is 13.1. The number of sulfonamides is 1. The Morgan fingerprint density at radius 3 is 2.38 bits per heavy atom. The van der Waals surface area contributed by atoms with Gasteiger partial charge >= 0.3 is 0 Å². The normalized spacial score (nSPS) is 22.7. The van der Waals surface area contributed by atoms with E-state index in [1.165, 1.54) is 10.4 Å². The lowest BCUT2D eigenvalue weighted by atomic mass is 10.1. The van der Waals surface area contributed by atoms with Gasteiger partial charge in [-0.3, -0.25) is 0 Å². The molecule has 1 aromatic carbocycles. The molecular weight excluding hydrogens is 299 g/mol. The van der Waals surface area contributed by atoms with Crippen LogP contribution in [0.15, 0.2) is 23.1 Å². The lowest BCUT2D eigenvalue weighted by Gasteiger charge is -2.36. The van der Waals surface area contributed by atoms with Crippen LogP contribution < -0.4 is 5.73 Å². The summed E-state index contributed by atoms with van der Waals surface area (Å²) in [6.45, 7) is 1.66. The smallest absolute Gasteiger partial charge is 0.245 e. The van der Waals surface area contributed by atoms with E-state index in [0.717, 1.165) is 12.1 Å². The van der Waals surface area contributed by atoms with Gasteiger partial charge in [0.25, 0.3) is 0 Å². The third kappa shape index (κ3) is 2.64. The maximum atomic E-state index is 13.1. The van der Waals surface area contributed by atoms with Crippen LogP contribution in [0.1, 0.15) is 12.8 Å². The second-order valence-corrected chi connectivity index (χ2v) is 7.10. The summed E-state index contributed by atoms with van der Waals surface area (Å²) in [7, 11) is -3.73. The van der Waals surface area contributed by atoms with E-state index in [9.17, 15) is 12.8 Å². The van der Waals surface area contributed by atoms with Crippen LogP contribution in [0.4, 0.5) is 10.1 Å². The fourth-order valence-electron chi connectivity index (χ4n) is 2.75. The number of nitrogens with zero attached hydrogens (tertiary/aromatic N) is 1. The Hall–Kier alpha value is -1.22. The van der Waals surface area contributed by atoms with E-state index in [2.05, 4.69) is 0 Å². The van der Waals surface area contributed by atoms with Gasteiger partial charge in [-0.2, -0.15) is 4.31 Å². The van der Waals surface area contributed by atoms with Crippen LogP contribution in [-0.2, 0) is 19.5 Å². The van der Waals surface area contributed by atoms with E-state index in [4.69, 9.17) is 15.2 Å². The first-order valence-electron chi connectivity index (χ1n) is 6.76. The standard InChI is InChI=1S/C13H17FN2O4S/c14-10-1-2-12(11(15)9-10)21(17,18)16-5-3-13(4-6-16)19-7-8-20-13/h1-2,9H,3-8,15H2.